The predicted octanol–water partition coefficient (Wildman–Crippen LogP) is 4.85. The van der Waals surface area contributed by atoms with Crippen molar-refractivity contribution in [2.24, 2.45) is 0 Å². The zero-order valence-corrected chi connectivity index (χ0v) is 12.0. The molecule has 1 rings (SSSR count). The molecule has 0 aliphatic carbocycles. The maximum Gasteiger partial charge on any atom is 0.120 e. The first kappa shape index (κ1) is 13.9. The van der Waals surface area contributed by atoms with Gasteiger partial charge in [-0.3, -0.25) is 0 Å². The lowest BCUT2D eigenvalue weighted by Crippen LogP contribution is -1.97. The van der Waals surface area contributed by atoms with Crippen LogP contribution in [0, 0.1) is 0 Å². The van der Waals surface area contributed by atoms with Crippen LogP contribution in [-0.4, -0.2) is 11.9 Å². The highest BCUT2D eigenvalue weighted by atomic mass is 79.9. The molecule has 0 saturated carbocycles. The van der Waals surface area contributed by atoms with Crippen LogP contribution >= 0.6 is 27.5 Å². The van der Waals surface area contributed by atoms with Gasteiger partial charge in [-0.1, -0.05) is 53.4 Å². The Morgan fingerprint density at radius 3 is 2.75 bits per heavy atom. The molecule has 0 amide bonds. The Morgan fingerprint density at radius 1 is 1.31 bits per heavy atom. The van der Waals surface area contributed by atoms with E-state index in [1.54, 1.807) is 0 Å². The summed E-state index contributed by atoms with van der Waals surface area (Å²) in [5, 5.41) is 1.73. The van der Waals surface area contributed by atoms with Crippen molar-refractivity contribution in [3.05, 3.63) is 28.8 Å². The van der Waals surface area contributed by atoms with Crippen molar-refractivity contribution >= 4 is 27.5 Å². The molecule has 0 atom stereocenters. The number of halogens is 2. The summed E-state index contributed by atoms with van der Waals surface area (Å²) in [5.41, 5.74) is 1.17. The van der Waals surface area contributed by atoms with Crippen LogP contribution in [0.5, 0.6) is 5.75 Å². The summed E-state index contributed by atoms with van der Waals surface area (Å²) in [6.45, 7) is 2.97. The quantitative estimate of drug-likeness (QED) is 0.517. The number of ether oxygens (including phenoxy) is 1. The maximum atomic E-state index is 6.15. The van der Waals surface area contributed by atoms with Crippen LogP contribution in [-0.2, 0) is 6.42 Å². The largest absolute Gasteiger partial charge is 0.494 e. The molecule has 0 aliphatic heterocycles. The summed E-state index contributed by atoms with van der Waals surface area (Å²) in [6.07, 6.45) is 4.50. The third-order valence-electron chi connectivity index (χ3n) is 2.40. The van der Waals surface area contributed by atoms with E-state index in [1.165, 1.54) is 18.4 Å². The minimum Gasteiger partial charge on any atom is -0.494 e. The van der Waals surface area contributed by atoms with E-state index in [0.717, 1.165) is 35.6 Å². The number of aryl methyl sites for hydroxylation is 1. The molecule has 3 heteroatoms. The van der Waals surface area contributed by atoms with Gasteiger partial charge in [0.1, 0.15) is 5.75 Å². The zero-order valence-electron chi connectivity index (χ0n) is 9.64. The fraction of sp³-hybridized carbons (Fsp3) is 0.538. The highest BCUT2D eigenvalue weighted by molar-refractivity contribution is 9.09. The lowest BCUT2D eigenvalue weighted by atomic mass is 10.2. The molecule has 90 valence electrons. The lowest BCUT2D eigenvalue weighted by Gasteiger charge is -2.08. The van der Waals surface area contributed by atoms with Crippen molar-refractivity contribution in [2.45, 2.75) is 32.6 Å². The molecule has 16 heavy (non-hydrogen) atoms. The molecular weight excluding hydrogens is 287 g/mol. The van der Waals surface area contributed by atoms with Crippen molar-refractivity contribution in [3.63, 3.8) is 0 Å². The minimum atomic E-state index is 0.780. The molecule has 1 aromatic carbocycles. The van der Waals surface area contributed by atoms with E-state index in [0.29, 0.717) is 0 Å². The molecular formula is C13H18BrClO. The first-order chi connectivity index (χ1) is 7.77. The summed E-state index contributed by atoms with van der Waals surface area (Å²) < 4.78 is 5.63. The Hall–Kier alpha value is -0.210. The molecule has 0 radical (unpaired) electrons. The maximum absolute atomic E-state index is 6.15. The molecule has 1 nitrogen and oxygen atoms in total. The van der Waals surface area contributed by atoms with E-state index in [4.69, 9.17) is 16.3 Å². The molecule has 0 saturated heterocycles. The molecule has 0 aliphatic rings. The molecule has 0 heterocycles. The van der Waals surface area contributed by atoms with Gasteiger partial charge in [-0.2, -0.15) is 0 Å². The monoisotopic (exact) mass is 304 g/mol. The van der Waals surface area contributed by atoms with E-state index >= 15 is 0 Å². The first-order valence-corrected chi connectivity index (χ1v) is 7.25. The molecule has 0 bridgehead atoms. The smallest absolute Gasteiger partial charge is 0.120 e. The van der Waals surface area contributed by atoms with E-state index in [2.05, 4.69) is 22.9 Å². The third-order valence-corrected chi connectivity index (χ3v) is 3.15. The van der Waals surface area contributed by atoms with Gasteiger partial charge in [0.15, 0.2) is 0 Å². The van der Waals surface area contributed by atoms with Gasteiger partial charge in [0, 0.05) is 10.4 Å². The SMILES string of the molecule is CCCCCOc1ccc(CCBr)c(Cl)c1. The topological polar surface area (TPSA) is 9.23 Å². The van der Waals surface area contributed by atoms with E-state index in [1.807, 2.05) is 18.2 Å². The average Bonchev–Trinajstić information content (AvgIpc) is 2.28. The summed E-state index contributed by atoms with van der Waals surface area (Å²) in [6, 6.07) is 5.94. The Bertz CT molecular complexity index is 315. The molecule has 1 aromatic rings. The van der Waals surface area contributed by atoms with Crippen molar-refractivity contribution in [3.8, 4) is 5.75 Å². The number of rotatable bonds is 7. The Kier molecular flexibility index (Phi) is 6.90. The van der Waals surface area contributed by atoms with Crippen LogP contribution in [0.1, 0.15) is 31.7 Å². The highest BCUT2D eigenvalue weighted by Gasteiger charge is 2.02. The first-order valence-electron chi connectivity index (χ1n) is 5.75. The van der Waals surface area contributed by atoms with Gasteiger partial charge >= 0.3 is 0 Å². The Balaban J connectivity index is 2.46. The number of alkyl halides is 1. The van der Waals surface area contributed by atoms with Crippen molar-refractivity contribution in [1.29, 1.82) is 0 Å². The van der Waals surface area contributed by atoms with Gasteiger partial charge in [0.25, 0.3) is 0 Å². The zero-order chi connectivity index (χ0) is 11.8. The summed E-state index contributed by atoms with van der Waals surface area (Å²) >= 11 is 9.56. The van der Waals surface area contributed by atoms with E-state index < -0.39 is 0 Å². The number of unbranched alkanes of at least 4 members (excludes halogenated alkanes) is 2. The Labute approximate surface area is 111 Å². The van der Waals surface area contributed by atoms with Gasteiger partial charge in [-0.25, -0.2) is 0 Å². The van der Waals surface area contributed by atoms with Gasteiger partial charge in [0.05, 0.1) is 6.61 Å². The third kappa shape index (κ3) is 4.75. The van der Waals surface area contributed by atoms with Crippen LogP contribution in [0.15, 0.2) is 18.2 Å². The lowest BCUT2D eigenvalue weighted by molar-refractivity contribution is 0.306. The van der Waals surface area contributed by atoms with Crippen LogP contribution in [0.4, 0.5) is 0 Å². The van der Waals surface area contributed by atoms with Crippen molar-refractivity contribution < 1.29 is 4.74 Å². The number of hydrogen-bond donors (Lipinski definition) is 0. The van der Waals surface area contributed by atoms with Crippen molar-refractivity contribution in [1.82, 2.24) is 0 Å². The summed E-state index contributed by atoms with van der Waals surface area (Å²) in [4.78, 5) is 0. The van der Waals surface area contributed by atoms with E-state index in [-0.39, 0.29) is 0 Å². The molecule has 0 aromatic heterocycles. The second-order valence-electron chi connectivity index (χ2n) is 3.75. The Morgan fingerprint density at radius 2 is 2.12 bits per heavy atom. The fourth-order valence-corrected chi connectivity index (χ4v) is 2.16. The van der Waals surface area contributed by atoms with E-state index in [9.17, 15) is 0 Å². The minimum absolute atomic E-state index is 0.780. The van der Waals surface area contributed by atoms with Gasteiger partial charge in [-0.15, -0.1) is 0 Å². The van der Waals surface area contributed by atoms with Crippen LogP contribution in [0.25, 0.3) is 0 Å². The molecule has 0 N–H and O–H groups in total. The number of benzene rings is 1. The molecule has 0 spiro atoms. The van der Waals surface area contributed by atoms with Crippen LogP contribution in [0.3, 0.4) is 0 Å². The van der Waals surface area contributed by atoms with Crippen LogP contribution in [0.2, 0.25) is 5.02 Å². The summed E-state index contributed by atoms with van der Waals surface area (Å²) in [7, 11) is 0. The fourth-order valence-electron chi connectivity index (χ4n) is 1.46. The van der Waals surface area contributed by atoms with Gasteiger partial charge in [0.2, 0.25) is 0 Å². The van der Waals surface area contributed by atoms with Gasteiger partial charge < -0.3 is 4.74 Å². The standard InChI is InChI=1S/C13H18BrClO/c1-2-3-4-9-16-12-6-5-11(7-8-14)13(15)10-12/h5-6,10H,2-4,7-9H2,1H3. The normalized spacial score (nSPS) is 10.4. The second kappa shape index (κ2) is 7.97. The average molecular weight is 306 g/mol. The molecule has 0 unspecified atom stereocenters. The predicted molar refractivity (Wildman–Crippen MR) is 74.0 cm³/mol. The molecule has 0 fully saturated rings. The summed E-state index contributed by atoms with van der Waals surface area (Å²) in [5.74, 6) is 0.874. The second-order valence-corrected chi connectivity index (χ2v) is 4.95. The van der Waals surface area contributed by atoms with Crippen LogP contribution < -0.4 is 4.74 Å². The number of hydrogen-bond acceptors (Lipinski definition) is 1. The van der Waals surface area contributed by atoms with Gasteiger partial charge in [-0.05, 0) is 30.5 Å². The highest BCUT2D eigenvalue weighted by Crippen LogP contribution is 2.23. The van der Waals surface area contributed by atoms with Crippen molar-refractivity contribution in [2.75, 3.05) is 11.9 Å².